The van der Waals surface area contributed by atoms with Crippen molar-refractivity contribution in [3.63, 3.8) is 0 Å². The smallest absolute Gasteiger partial charge is 0.0854 e. The molecule has 0 aliphatic rings. The lowest BCUT2D eigenvalue weighted by atomic mass is 10.0. The van der Waals surface area contributed by atoms with E-state index in [2.05, 4.69) is 37.9 Å². The quantitative estimate of drug-likeness (QED) is 0.718. The molecule has 16 heavy (non-hydrogen) atoms. The van der Waals surface area contributed by atoms with Crippen LogP contribution in [-0.4, -0.2) is 11.7 Å². The molecule has 0 unspecified atom stereocenters. The minimum atomic E-state index is 0.265. The van der Waals surface area contributed by atoms with Crippen LogP contribution in [0, 0.1) is 5.92 Å². The van der Waals surface area contributed by atoms with E-state index in [0.29, 0.717) is 18.4 Å². The summed E-state index contributed by atoms with van der Waals surface area (Å²) in [4.78, 5) is 0. The van der Waals surface area contributed by atoms with Gasteiger partial charge >= 0.3 is 0 Å². The Bertz CT molecular complexity index is 321. The Balaban J connectivity index is 2.35. The van der Waals surface area contributed by atoms with Crippen molar-refractivity contribution in [2.75, 3.05) is 6.54 Å². The highest BCUT2D eigenvalue weighted by Crippen LogP contribution is 2.13. The summed E-state index contributed by atoms with van der Waals surface area (Å²) in [5.41, 5.74) is 1.29. The van der Waals surface area contributed by atoms with Crippen LogP contribution in [0.15, 0.2) is 42.7 Å². The first-order valence-corrected chi connectivity index (χ1v) is 5.74. The molecule has 0 aliphatic heterocycles. The maximum absolute atomic E-state index is 9.08. The number of aliphatic hydroxyl groups is 1. The summed E-state index contributed by atoms with van der Waals surface area (Å²) >= 11 is 0. The van der Waals surface area contributed by atoms with E-state index in [4.69, 9.17) is 5.11 Å². The molecule has 0 saturated carbocycles. The number of aliphatic hydroxyl groups excluding tert-OH is 1. The maximum Gasteiger partial charge on any atom is 0.0854 e. The molecule has 1 aromatic rings. The number of hydrogen-bond donors (Lipinski definition) is 2. The monoisotopic (exact) mass is 219 g/mol. The van der Waals surface area contributed by atoms with E-state index in [0.717, 1.165) is 6.54 Å². The molecule has 2 nitrogen and oxygen atoms in total. The highest BCUT2D eigenvalue weighted by atomic mass is 16.3. The second kappa shape index (κ2) is 6.33. The zero-order chi connectivity index (χ0) is 12.0. The Hall–Kier alpha value is -1.28. The summed E-state index contributed by atoms with van der Waals surface area (Å²) in [6, 6.07) is 10.7. The molecule has 0 bridgehead atoms. The first-order valence-electron chi connectivity index (χ1n) is 5.74. The van der Waals surface area contributed by atoms with Gasteiger partial charge in [0.15, 0.2) is 0 Å². The first-order chi connectivity index (χ1) is 7.59. The molecular weight excluding hydrogens is 198 g/mol. The summed E-state index contributed by atoms with van der Waals surface area (Å²) in [5, 5.41) is 12.5. The fraction of sp³-hybridized carbons (Fsp3) is 0.429. The third-order valence-electron chi connectivity index (χ3n) is 2.66. The third kappa shape index (κ3) is 4.49. The molecule has 0 spiro atoms. The van der Waals surface area contributed by atoms with Gasteiger partial charge in [-0.2, -0.15) is 0 Å². The van der Waals surface area contributed by atoms with Gasteiger partial charge in [-0.3, -0.25) is 0 Å². The van der Waals surface area contributed by atoms with Crippen molar-refractivity contribution in [1.82, 2.24) is 5.32 Å². The molecule has 0 fully saturated rings. The molecule has 0 amide bonds. The van der Waals surface area contributed by atoms with Gasteiger partial charge in [0.05, 0.1) is 5.76 Å². The second-order valence-corrected chi connectivity index (χ2v) is 4.42. The molecule has 0 saturated heterocycles. The molecule has 0 heterocycles. The summed E-state index contributed by atoms with van der Waals surface area (Å²) < 4.78 is 0. The highest BCUT2D eigenvalue weighted by molar-refractivity contribution is 5.17. The van der Waals surface area contributed by atoms with Crippen molar-refractivity contribution in [2.24, 2.45) is 5.92 Å². The van der Waals surface area contributed by atoms with E-state index >= 15 is 0 Å². The average Bonchev–Trinajstić information content (AvgIpc) is 2.26. The van der Waals surface area contributed by atoms with E-state index in [-0.39, 0.29) is 5.76 Å². The van der Waals surface area contributed by atoms with Gasteiger partial charge in [0.2, 0.25) is 0 Å². The Morgan fingerprint density at radius 3 is 2.50 bits per heavy atom. The van der Waals surface area contributed by atoms with Crippen molar-refractivity contribution in [3.05, 3.63) is 48.2 Å². The fourth-order valence-electron chi connectivity index (χ4n) is 1.71. The number of rotatable bonds is 6. The van der Waals surface area contributed by atoms with Crippen LogP contribution < -0.4 is 5.32 Å². The summed E-state index contributed by atoms with van der Waals surface area (Å²) in [5.74, 6) is 0.672. The van der Waals surface area contributed by atoms with Crippen LogP contribution in [0.3, 0.4) is 0 Å². The van der Waals surface area contributed by atoms with Gasteiger partial charge in [-0.25, -0.2) is 0 Å². The highest BCUT2D eigenvalue weighted by Gasteiger charge is 2.07. The van der Waals surface area contributed by atoms with Gasteiger partial charge in [0.25, 0.3) is 0 Å². The molecule has 0 aliphatic carbocycles. The van der Waals surface area contributed by atoms with Crippen molar-refractivity contribution in [1.29, 1.82) is 0 Å². The van der Waals surface area contributed by atoms with Crippen LogP contribution in [0.1, 0.15) is 31.9 Å². The molecule has 2 atom stereocenters. The van der Waals surface area contributed by atoms with Gasteiger partial charge in [-0.15, -0.1) is 0 Å². The topological polar surface area (TPSA) is 32.3 Å². The van der Waals surface area contributed by atoms with Crippen LogP contribution >= 0.6 is 0 Å². The Morgan fingerprint density at radius 2 is 1.94 bits per heavy atom. The fourth-order valence-corrected chi connectivity index (χ4v) is 1.71. The lowest BCUT2D eigenvalue weighted by molar-refractivity contribution is 0.349. The van der Waals surface area contributed by atoms with E-state index in [1.807, 2.05) is 18.2 Å². The summed E-state index contributed by atoms with van der Waals surface area (Å²) in [6.45, 7) is 8.64. The van der Waals surface area contributed by atoms with Gasteiger partial charge in [0.1, 0.15) is 0 Å². The van der Waals surface area contributed by atoms with Gasteiger partial charge in [0, 0.05) is 12.5 Å². The minimum Gasteiger partial charge on any atom is -0.513 e. The van der Waals surface area contributed by atoms with Gasteiger partial charge < -0.3 is 10.4 Å². The molecule has 0 radical (unpaired) electrons. The number of nitrogens with one attached hydrogen (secondary N) is 1. The predicted octanol–water partition coefficient (Wildman–Crippen LogP) is 3.44. The molecule has 1 rings (SSSR count). The number of benzene rings is 1. The number of allylic oxidation sites excluding steroid dienone is 1. The number of hydrogen-bond acceptors (Lipinski definition) is 2. The Kier molecular flexibility index (Phi) is 5.06. The molecular formula is C14H21NO. The van der Waals surface area contributed by atoms with Crippen molar-refractivity contribution in [2.45, 2.75) is 26.3 Å². The van der Waals surface area contributed by atoms with Crippen molar-refractivity contribution in [3.8, 4) is 0 Å². The lowest BCUT2D eigenvalue weighted by Crippen LogP contribution is -2.24. The SMILES string of the molecule is C=C(O)C[C@@H](C)CN[C@H](C)c1ccccc1. The normalized spacial score (nSPS) is 14.4. The van der Waals surface area contributed by atoms with Crippen molar-refractivity contribution < 1.29 is 5.11 Å². The Labute approximate surface area is 98.0 Å². The summed E-state index contributed by atoms with van der Waals surface area (Å²) in [6.07, 6.45) is 0.661. The zero-order valence-corrected chi connectivity index (χ0v) is 10.1. The predicted molar refractivity (Wildman–Crippen MR) is 68.4 cm³/mol. The first kappa shape index (κ1) is 12.8. The van der Waals surface area contributed by atoms with Crippen LogP contribution in [0.4, 0.5) is 0 Å². The maximum atomic E-state index is 9.08. The molecule has 88 valence electrons. The van der Waals surface area contributed by atoms with Crippen LogP contribution in [0.25, 0.3) is 0 Å². The molecule has 0 aromatic heterocycles. The van der Waals surface area contributed by atoms with Crippen LogP contribution in [-0.2, 0) is 0 Å². The van der Waals surface area contributed by atoms with E-state index in [9.17, 15) is 0 Å². The van der Waals surface area contributed by atoms with Crippen LogP contribution in [0.2, 0.25) is 0 Å². The Morgan fingerprint density at radius 1 is 1.31 bits per heavy atom. The van der Waals surface area contributed by atoms with E-state index in [1.54, 1.807) is 0 Å². The van der Waals surface area contributed by atoms with Gasteiger partial charge in [-0.1, -0.05) is 43.8 Å². The zero-order valence-electron chi connectivity index (χ0n) is 10.1. The summed E-state index contributed by atoms with van der Waals surface area (Å²) in [7, 11) is 0. The largest absolute Gasteiger partial charge is 0.513 e. The average molecular weight is 219 g/mol. The van der Waals surface area contributed by atoms with Gasteiger partial charge in [-0.05, 0) is 24.9 Å². The standard InChI is InChI=1S/C14H21NO/c1-11(9-12(2)16)10-15-13(3)14-7-5-4-6-8-14/h4-8,11,13,15-16H,2,9-10H2,1,3H3/t11-,13-/m1/s1. The molecule has 2 heteroatoms. The van der Waals surface area contributed by atoms with Crippen LogP contribution in [0.5, 0.6) is 0 Å². The lowest BCUT2D eigenvalue weighted by Gasteiger charge is -2.17. The molecule has 1 aromatic carbocycles. The van der Waals surface area contributed by atoms with E-state index in [1.165, 1.54) is 5.56 Å². The minimum absolute atomic E-state index is 0.265. The third-order valence-corrected chi connectivity index (χ3v) is 2.66. The van der Waals surface area contributed by atoms with E-state index < -0.39 is 0 Å². The van der Waals surface area contributed by atoms with Crippen molar-refractivity contribution >= 4 is 0 Å². The second-order valence-electron chi connectivity index (χ2n) is 4.42. The molecule has 2 N–H and O–H groups in total.